The summed E-state index contributed by atoms with van der Waals surface area (Å²) in [5, 5.41) is 15.4. The van der Waals surface area contributed by atoms with Crippen LogP contribution in [-0.2, 0) is 13.6 Å². The van der Waals surface area contributed by atoms with Gasteiger partial charge in [0.2, 0.25) is 5.69 Å². The third-order valence-electron chi connectivity index (χ3n) is 5.27. The van der Waals surface area contributed by atoms with E-state index >= 15 is 0 Å². The number of fused-ring (bicyclic) bond motifs is 1. The molecule has 4 aromatic rings. The standard InChI is InChI=1S/C24H19FN6O6/c1-30-24(34)31(9-7-26)23(33)21(29-30)22(32)28-13-4-5-18(15(25)10-13)37-17-6-8-27-16-12-20(36-3)19(35-2)11-14(16)17/h4-6,8,10-12H,9H2,1-3H3,(H,28,32). The Kier molecular flexibility index (Phi) is 6.83. The second-order valence-corrected chi connectivity index (χ2v) is 7.54. The normalized spacial score (nSPS) is 10.6. The summed E-state index contributed by atoms with van der Waals surface area (Å²) in [5.41, 5.74) is -1.99. The van der Waals surface area contributed by atoms with Gasteiger partial charge in [0.25, 0.3) is 11.5 Å². The number of nitrogens with one attached hydrogen (secondary N) is 1. The van der Waals surface area contributed by atoms with E-state index in [0.717, 1.165) is 10.7 Å². The highest BCUT2D eigenvalue weighted by atomic mass is 19.1. The van der Waals surface area contributed by atoms with Crippen molar-refractivity contribution in [1.29, 1.82) is 5.26 Å². The summed E-state index contributed by atoms with van der Waals surface area (Å²) in [7, 11) is 4.21. The number of amides is 1. The Hall–Kier alpha value is -5.25. The van der Waals surface area contributed by atoms with Crippen LogP contribution in [-0.4, -0.2) is 39.5 Å². The first-order chi connectivity index (χ1) is 17.8. The quantitative estimate of drug-likeness (QED) is 0.398. The highest BCUT2D eigenvalue weighted by Gasteiger charge is 2.19. The second kappa shape index (κ2) is 10.2. The zero-order chi connectivity index (χ0) is 26.7. The Labute approximate surface area is 208 Å². The van der Waals surface area contributed by atoms with Crippen molar-refractivity contribution < 1.29 is 23.4 Å². The third-order valence-corrected chi connectivity index (χ3v) is 5.27. The molecule has 2 heterocycles. The smallest absolute Gasteiger partial charge is 0.348 e. The summed E-state index contributed by atoms with van der Waals surface area (Å²) in [6.45, 7) is -0.558. The maximum atomic E-state index is 14.9. The molecule has 1 N–H and O–H groups in total. The number of benzene rings is 2. The minimum absolute atomic E-state index is 0.00253. The van der Waals surface area contributed by atoms with E-state index in [1.807, 2.05) is 0 Å². The third kappa shape index (κ3) is 4.80. The predicted molar refractivity (Wildman–Crippen MR) is 129 cm³/mol. The van der Waals surface area contributed by atoms with Gasteiger partial charge in [-0.2, -0.15) is 10.4 Å². The minimum atomic E-state index is -1.04. The minimum Gasteiger partial charge on any atom is -0.493 e. The lowest BCUT2D eigenvalue weighted by Crippen LogP contribution is -2.44. The average molecular weight is 506 g/mol. The number of rotatable bonds is 7. The Morgan fingerprint density at radius 1 is 1.08 bits per heavy atom. The number of carbonyl (C=O) groups is 1. The van der Waals surface area contributed by atoms with Crippen LogP contribution >= 0.6 is 0 Å². The summed E-state index contributed by atoms with van der Waals surface area (Å²) >= 11 is 0. The number of hydrogen-bond acceptors (Lipinski definition) is 9. The Bertz CT molecular complexity index is 1690. The van der Waals surface area contributed by atoms with Crippen LogP contribution in [0.1, 0.15) is 10.5 Å². The lowest BCUT2D eigenvalue weighted by atomic mass is 10.2. The number of hydrogen-bond donors (Lipinski definition) is 1. The van der Waals surface area contributed by atoms with Gasteiger partial charge in [-0.25, -0.2) is 18.4 Å². The van der Waals surface area contributed by atoms with E-state index in [1.165, 1.54) is 39.6 Å². The molecule has 37 heavy (non-hydrogen) atoms. The molecule has 0 spiro atoms. The maximum absolute atomic E-state index is 14.9. The molecule has 0 saturated heterocycles. The van der Waals surface area contributed by atoms with E-state index < -0.39 is 35.2 Å². The van der Waals surface area contributed by atoms with E-state index in [9.17, 15) is 18.8 Å². The predicted octanol–water partition coefficient (Wildman–Crippen LogP) is 2.21. The molecule has 0 unspecified atom stereocenters. The van der Waals surface area contributed by atoms with Crippen molar-refractivity contribution in [3.05, 3.63) is 74.9 Å². The SMILES string of the molecule is COc1cc2nccc(Oc3ccc(NC(=O)c4nn(C)c(=O)n(CC#N)c4=O)cc3F)c2cc1OC. The van der Waals surface area contributed by atoms with Gasteiger partial charge in [-0.15, -0.1) is 0 Å². The molecule has 0 aliphatic carbocycles. The zero-order valence-electron chi connectivity index (χ0n) is 19.8. The Morgan fingerprint density at radius 2 is 1.81 bits per heavy atom. The first-order valence-electron chi connectivity index (χ1n) is 10.6. The van der Waals surface area contributed by atoms with Crippen molar-refractivity contribution in [3.8, 4) is 29.1 Å². The first kappa shape index (κ1) is 24.9. The van der Waals surface area contributed by atoms with Crippen molar-refractivity contribution in [2.75, 3.05) is 19.5 Å². The van der Waals surface area contributed by atoms with Gasteiger partial charge in [0.15, 0.2) is 23.1 Å². The molecular weight excluding hydrogens is 487 g/mol. The topological polar surface area (TPSA) is 150 Å². The molecule has 12 nitrogen and oxygen atoms in total. The molecule has 188 valence electrons. The van der Waals surface area contributed by atoms with Crippen molar-refractivity contribution in [3.63, 3.8) is 0 Å². The molecule has 0 saturated carbocycles. The van der Waals surface area contributed by atoms with Crippen LogP contribution in [0.4, 0.5) is 10.1 Å². The van der Waals surface area contributed by atoms with Gasteiger partial charge in [-0.05, 0) is 24.3 Å². The van der Waals surface area contributed by atoms with Crippen LogP contribution in [0.25, 0.3) is 10.9 Å². The summed E-state index contributed by atoms with van der Waals surface area (Å²) in [4.78, 5) is 41.3. The van der Waals surface area contributed by atoms with Crippen LogP contribution in [0.2, 0.25) is 0 Å². The van der Waals surface area contributed by atoms with Crippen LogP contribution in [0, 0.1) is 17.1 Å². The monoisotopic (exact) mass is 506 g/mol. The van der Waals surface area contributed by atoms with Crippen LogP contribution < -0.4 is 30.8 Å². The molecule has 0 aliphatic heterocycles. The number of aromatic nitrogens is 4. The summed E-state index contributed by atoms with van der Waals surface area (Å²) in [6, 6.07) is 10.2. The number of ether oxygens (including phenoxy) is 3. The zero-order valence-corrected chi connectivity index (χ0v) is 19.8. The molecule has 0 atom stereocenters. The van der Waals surface area contributed by atoms with Gasteiger partial charge < -0.3 is 19.5 Å². The van der Waals surface area contributed by atoms with Gasteiger partial charge in [0, 0.05) is 36.5 Å². The lowest BCUT2D eigenvalue weighted by molar-refractivity contribution is 0.101. The fraction of sp³-hybridized carbons (Fsp3) is 0.167. The van der Waals surface area contributed by atoms with Gasteiger partial charge in [0.1, 0.15) is 12.3 Å². The first-order valence-corrected chi connectivity index (χ1v) is 10.6. The van der Waals surface area contributed by atoms with Crippen molar-refractivity contribution >= 4 is 22.5 Å². The number of methoxy groups -OCH3 is 2. The molecule has 0 fully saturated rings. The molecule has 0 aliphatic rings. The number of anilines is 1. The van der Waals surface area contributed by atoms with Crippen LogP contribution in [0.5, 0.6) is 23.0 Å². The van der Waals surface area contributed by atoms with Gasteiger partial charge in [-0.3, -0.25) is 14.6 Å². The molecule has 0 bridgehead atoms. The number of halogens is 1. The fourth-order valence-corrected chi connectivity index (χ4v) is 3.48. The number of nitriles is 1. The second-order valence-electron chi connectivity index (χ2n) is 7.54. The van der Waals surface area contributed by atoms with E-state index in [4.69, 9.17) is 19.5 Å². The Morgan fingerprint density at radius 3 is 2.49 bits per heavy atom. The molecular formula is C24H19FN6O6. The molecule has 0 radical (unpaired) electrons. The number of pyridine rings is 1. The van der Waals surface area contributed by atoms with Crippen LogP contribution in [0.15, 0.2) is 52.2 Å². The van der Waals surface area contributed by atoms with Gasteiger partial charge in [0.05, 0.1) is 25.8 Å². The molecule has 4 rings (SSSR count). The summed E-state index contributed by atoms with van der Waals surface area (Å²) in [5.74, 6) is -0.725. The van der Waals surface area contributed by atoms with Crippen molar-refractivity contribution in [2.24, 2.45) is 7.05 Å². The van der Waals surface area contributed by atoms with Crippen molar-refractivity contribution in [2.45, 2.75) is 6.54 Å². The number of nitrogens with zero attached hydrogens (tertiary/aromatic N) is 5. The largest absolute Gasteiger partial charge is 0.493 e. The highest BCUT2D eigenvalue weighted by Crippen LogP contribution is 2.37. The molecule has 2 aromatic carbocycles. The van der Waals surface area contributed by atoms with E-state index in [1.54, 1.807) is 24.3 Å². The molecule has 1 amide bonds. The average Bonchev–Trinajstić information content (AvgIpc) is 2.89. The van der Waals surface area contributed by atoms with E-state index in [-0.39, 0.29) is 11.4 Å². The summed E-state index contributed by atoms with van der Waals surface area (Å²) < 4.78 is 32.6. The van der Waals surface area contributed by atoms with E-state index in [2.05, 4.69) is 15.4 Å². The molecule has 13 heteroatoms. The number of aryl methyl sites for hydroxylation is 1. The summed E-state index contributed by atoms with van der Waals surface area (Å²) in [6.07, 6.45) is 1.50. The van der Waals surface area contributed by atoms with Crippen LogP contribution in [0.3, 0.4) is 0 Å². The van der Waals surface area contributed by atoms with Gasteiger partial charge >= 0.3 is 5.69 Å². The molecule has 2 aromatic heterocycles. The van der Waals surface area contributed by atoms with Gasteiger partial charge in [-0.1, -0.05) is 0 Å². The van der Waals surface area contributed by atoms with Crippen molar-refractivity contribution in [1.82, 2.24) is 19.3 Å². The number of carbonyl (C=O) groups excluding carboxylic acids is 1. The maximum Gasteiger partial charge on any atom is 0.348 e. The Balaban J connectivity index is 1.61. The highest BCUT2D eigenvalue weighted by molar-refractivity contribution is 6.02. The fourth-order valence-electron chi connectivity index (χ4n) is 3.48. The van der Waals surface area contributed by atoms with E-state index in [0.29, 0.717) is 32.7 Å². The lowest BCUT2D eigenvalue weighted by Gasteiger charge is -2.13.